The summed E-state index contributed by atoms with van der Waals surface area (Å²) in [7, 11) is 0. The van der Waals surface area contributed by atoms with Gasteiger partial charge in [-0.2, -0.15) is 22.0 Å². The molecule has 1 unspecified atom stereocenters. The Kier molecular flexibility index (Phi) is 5.88. The first-order chi connectivity index (χ1) is 9.28. The molecule has 0 saturated carbocycles. The van der Waals surface area contributed by atoms with Gasteiger partial charge in [0.05, 0.1) is 6.10 Å². The van der Waals surface area contributed by atoms with E-state index in [2.05, 4.69) is 5.32 Å². The summed E-state index contributed by atoms with van der Waals surface area (Å²) in [5.41, 5.74) is 0.548. The molecule has 0 spiro atoms. The molecule has 7 heteroatoms. The lowest BCUT2D eigenvalue weighted by Gasteiger charge is -2.24. The molecule has 1 aromatic carbocycles. The van der Waals surface area contributed by atoms with E-state index < -0.39 is 24.8 Å². The molecule has 20 heavy (non-hydrogen) atoms. The highest BCUT2D eigenvalue weighted by Crippen LogP contribution is 2.36. The van der Waals surface area contributed by atoms with Crippen LogP contribution in [0.25, 0.3) is 0 Å². The largest absolute Gasteiger partial charge is 0.455 e. The molecule has 0 saturated heterocycles. The second kappa shape index (κ2) is 6.99. The van der Waals surface area contributed by atoms with Crippen molar-refractivity contribution in [1.82, 2.24) is 5.32 Å². The van der Waals surface area contributed by atoms with Gasteiger partial charge in [0.1, 0.15) is 6.61 Å². The van der Waals surface area contributed by atoms with E-state index in [-0.39, 0.29) is 6.54 Å². The third kappa shape index (κ3) is 4.72. The van der Waals surface area contributed by atoms with Crippen LogP contribution in [0, 0.1) is 0 Å². The minimum atomic E-state index is -5.60. The molecular weight excluding hydrogens is 281 g/mol. The number of hydrogen-bond acceptors (Lipinski definition) is 2. The molecule has 0 aromatic heterocycles. The van der Waals surface area contributed by atoms with Gasteiger partial charge < -0.3 is 10.1 Å². The average Bonchev–Trinajstić information content (AvgIpc) is 2.38. The highest BCUT2D eigenvalue weighted by molar-refractivity contribution is 5.18. The number of rotatable bonds is 7. The SMILES string of the molecule is CCNCC(OCC(F)(F)C(F)(F)F)c1ccccc1. The van der Waals surface area contributed by atoms with E-state index in [0.717, 1.165) is 0 Å². The van der Waals surface area contributed by atoms with E-state index in [9.17, 15) is 22.0 Å². The number of halogens is 5. The maximum Gasteiger partial charge on any atom is 0.455 e. The van der Waals surface area contributed by atoms with Crippen LogP contribution in [0.1, 0.15) is 18.6 Å². The molecule has 1 N–H and O–H groups in total. The van der Waals surface area contributed by atoms with Crippen molar-refractivity contribution >= 4 is 0 Å². The molecule has 114 valence electrons. The fourth-order valence-corrected chi connectivity index (χ4v) is 1.50. The number of hydrogen-bond donors (Lipinski definition) is 1. The van der Waals surface area contributed by atoms with Crippen molar-refractivity contribution in [1.29, 1.82) is 0 Å². The molecule has 1 aromatic rings. The smallest absolute Gasteiger partial charge is 0.366 e. The summed E-state index contributed by atoms with van der Waals surface area (Å²) in [5, 5.41) is 2.87. The first-order valence-electron chi connectivity index (χ1n) is 6.09. The van der Waals surface area contributed by atoms with Gasteiger partial charge in [-0.25, -0.2) is 0 Å². The number of nitrogens with one attached hydrogen (secondary N) is 1. The van der Waals surface area contributed by atoms with Crippen molar-refractivity contribution in [2.75, 3.05) is 19.7 Å². The van der Waals surface area contributed by atoms with Crippen molar-refractivity contribution in [3.05, 3.63) is 35.9 Å². The van der Waals surface area contributed by atoms with Crippen molar-refractivity contribution < 1.29 is 26.7 Å². The summed E-state index contributed by atoms with van der Waals surface area (Å²) in [6, 6.07) is 8.29. The predicted octanol–water partition coefficient (Wildman–Crippen LogP) is 3.55. The second-order valence-corrected chi connectivity index (χ2v) is 4.22. The van der Waals surface area contributed by atoms with E-state index in [4.69, 9.17) is 4.74 Å². The minimum Gasteiger partial charge on any atom is -0.366 e. The molecule has 0 aliphatic heterocycles. The van der Waals surface area contributed by atoms with Crippen LogP contribution in [0.4, 0.5) is 22.0 Å². The lowest BCUT2D eigenvalue weighted by molar-refractivity contribution is -0.300. The van der Waals surface area contributed by atoms with Crippen LogP contribution < -0.4 is 5.32 Å². The maximum absolute atomic E-state index is 12.9. The average molecular weight is 297 g/mol. The Hall–Kier alpha value is -1.21. The Labute approximate surface area is 113 Å². The third-order valence-corrected chi connectivity index (χ3v) is 2.63. The Morgan fingerprint density at radius 2 is 1.70 bits per heavy atom. The van der Waals surface area contributed by atoms with Gasteiger partial charge in [0.25, 0.3) is 0 Å². The Balaban J connectivity index is 2.72. The lowest BCUT2D eigenvalue weighted by atomic mass is 10.1. The van der Waals surface area contributed by atoms with Gasteiger partial charge in [0.2, 0.25) is 0 Å². The van der Waals surface area contributed by atoms with Crippen LogP contribution >= 0.6 is 0 Å². The van der Waals surface area contributed by atoms with Gasteiger partial charge in [-0.15, -0.1) is 0 Å². The number of alkyl halides is 5. The second-order valence-electron chi connectivity index (χ2n) is 4.22. The van der Waals surface area contributed by atoms with Crippen LogP contribution in [-0.2, 0) is 4.74 Å². The van der Waals surface area contributed by atoms with E-state index in [1.165, 1.54) is 0 Å². The van der Waals surface area contributed by atoms with Gasteiger partial charge in [0.15, 0.2) is 0 Å². The van der Waals surface area contributed by atoms with Crippen LogP contribution in [0.15, 0.2) is 30.3 Å². The quantitative estimate of drug-likeness (QED) is 0.777. The minimum absolute atomic E-state index is 0.161. The van der Waals surface area contributed by atoms with Gasteiger partial charge >= 0.3 is 12.1 Å². The van der Waals surface area contributed by atoms with Crippen molar-refractivity contribution in [3.63, 3.8) is 0 Å². The summed E-state index contributed by atoms with van der Waals surface area (Å²) < 4.78 is 66.8. The van der Waals surface area contributed by atoms with Crippen molar-refractivity contribution in [3.8, 4) is 0 Å². The number of likely N-dealkylation sites (N-methyl/N-ethyl adjacent to an activating group) is 1. The zero-order valence-corrected chi connectivity index (χ0v) is 10.9. The van der Waals surface area contributed by atoms with E-state index in [1.54, 1.807) is 37.3 Å². The molecule has 0 aliphatic carbocycles. The third-order valence-electron chi connectivity index (χ3n) is 2.63. The molecule has 0 aliphatic rings. The van der Waals surface area contributed by atoms with Crippen LogP contribution in [0.5, 0.6) is 0 Å². The first kappa shape index (κ1) is 16.8. The van der Waals surface area contributed by atoms with Gasteiger partial charge in [-0.05, 0) is 12.1 Å². The van der Waals surface area contributed by atoms with Gasteiger partial charge in [-0.3, -0.25) is 0 Å². The monoisotopic (exact) mass is 297 g/mol. The Morgan fingerprint density at radius 1 is 1.10 bits per heavy atom. The van der Waals surface area contributed by atoms with Gasteiger partial charge in [-0.1, -0.05) is 37.3 Å². The molecular formula is C13H16F5NO. The fraction of sp³-hybridized carbons (Fsp3) is 0.538. The van der Waals surface area contributed by atoms with Crippen LogP contribution in [0.2, 0.25) is 0 Å². The Morgan fingerprint density at radius 3 is 2.20 bits per heavy atom. The number of benzene rings is 1. The van der Waals surface area contributed by atoms with Crippen molar-refractivity contribution in [2.45, 2.75) is 25.1 Å². The van der Waals surface area contributed by atoms with Crippen LogP contribution in [0.3, 0.4) is 0 Å². The number of ether oxygens (including phenoxy) is 1. The summed E-state index contributed by atoms with van der Waals surface area (Å²) >= 11 is 0. The molecule has 0 amide bonds. The summed E-state index contributed by atoms with van der Waals surface area (Å²) in [5.74, 6) is -4.85. The molecule has 1 rings (SSSR count). The summed E-state index contributed by atoms with van der Waals surface area (Å²) in [4.78, 5) is 0. The summed E-state index contributed by atoms with van der Waals surface area (Å²) in [6.07, 6.45) is -6.46. The zero-order chi connectivity index (χ0) is 15.2. The van der Waals surface area contributed by atoms with Crippen molar-refractivity contribution in [2.24, 2.45) is 0 Å². The lowest BCUT2D eigenvalue weighted by Crippen LogP contribution is -2.41. The van der Waals surface area contributed by atoms with Crippen LogP contribution in [-0.4, -0.2) is 31.8 Å². The van der Waals surface area contributed by atoms with E-state index in [1.807, 2.05) is 0 Å². The zero-order valence-electron chi connectivity index (χ0n) is 10.9. The topological polar surface area (TPSA) is 21.3 Å². The normalized spacial score (nSPS) is 14.3. The standard InChI is InChI=1S/C13H16F5NO/c1-2-19-8-11(10-6-4-3-5-7-10)20-9-12(14,15)13(16,17)18/h3-7,11,19H,2,8-9H2,1H3. The molecule has 0 fully saturated rings. The first-order valence-corrected chi connectivity index (χ1v) is 6.09. The molecule has 0 bridgehead atoms. The predicted molar refractivity (Wildman–Crippen MR) is 64.7 cm³/mol. The highest BCUT2D eigenvalue weighted by Gasteiger charge is 2.57. The molecule has 0 heterocycles. The highest BCUT2D eigenvalue weighted by atomic mass is 19.4. The van der Waals surface area contributed by atoms with Gasteiger partial charge in [0, 0.05) is 6.54 Å². The summed E-state index contributed by atoms with van der Waals surface area (Å²) in [6.45, 7) is 0.824. The molecule has 0 radical (unpaired) electrons. The molecule has 1 atom stereocenters. The molecule has 2 nitrogen and oxygen atoms in total. The fourth-order valence-electron chi connectivity index (χ4n) is 1.50. The maximum atomic E-state index is 12.9. The Bertz CT molecular complexity index is 393. The van der Waals surface area contributed by atoms with E-state index >= 15 is 0 Å². The van der Waals surface area contributed by atoms with E-state index in [0.29, 0.717) is 12.1 Å².